The predicted octanol–water partition coefficient (Wildman–Crippen LogP) is 3.70. The Hall–Kier alpha value is -1.35. The number of rotatable bonds is 6. The van der Waals surface area contributed by atoms with Crippen LogP contribution in [0.3, 0.4) is 0 Å². The Morgan fingerprint density at radius 1 is 1.13 bits per heavy atom. The number of carbonyl (C=O) groups is 1. The molecule has 1 aromatic carbocycles. The third-order valence-corrected chi connectivity index (χ3v) is 4.66. The highest BCUT2D eigenvalue weighted by Crippen LogP contribution is 2.24. The van der Waals surface area contributed by atoms with Crippen LogP contribution in [0.5, 0.6) is 0 Å². The molecule has 2 rings (SSSR count). The van der Waals surface area contributed by atoms with E-state index < -0.39 is 0 Å². The van der Waals surface area contributed by atoms with Crippen LogP contribution < -0.4 is 10.6 Å². The van der Waals surface area contributed by atoms with E-state index in [-0.39, 0.29) is 17.9 Å². The molecule has 1 heterocycles. The summed E-state index contributed by atoms with van der Waals surface area (Å²) >= 11 is 0. The van der Waals surface area contributed by atoms with Crippen molar-refractivity contribution in [3.8, 4) is 0 Å². The highest BCUT2D eigenvalue weighted by atomic mass is 16.1. The van der Waals surface area contributed by atoms with Crippen LogP contribution >= 0.6 is 0 Å². The summed E-state index contributed by atoms with van der Waals surface area (Å²) in [5.41, 5.74) is 2.59. The molecular weight excluding hydrogens is 284 g/mol. The van der Waals surface area contributed by atoms with Crippen molar-refractivity contribution in [3.63, 3.8) is 0 Å². The predicted molar refractivity (Wildman–Crippen MR) is 96.3 cm³/mol. The van der Waals surface area contributed by atoms with E-state index in [1.807, 2.05) is 0 Å². The number of carbonyl (C=O) groups excluding carboxylic acids is 1. The Bertz CT molecular complexity index is 487. The summed E-state index contributed by atoms with van der Waals surface area (Å²) in [6, 6.07) is 8.89. The molecule has 1 aliphatic heterocycles. The molecule has 1 amide bonds. The Morgan fingerprint density at radius 2 is 1.74 bits per heavy atom. The van der Waals surface area contributed by atoms with Crippen molar-refractivity contribution in [1.29, 1.82) is 0 Å². The summed E-state index contributed by atoms with van der Waals surface area (Å²) in [5, 5.41) is 6.62. The summed E-state index contributed by atoms with van der Waals surface area (Å²) in [4.78, 5) is 12.6. The first kappa shape index (κ1) is 18.0. The second-order valence-electron chi connectivity index (χ2n) is 7.59. The Morgan fingerprint density at radius 3 is 2.26 bits per heavy atom. The average molecular weight is 316 g/mol. The molecule has 1 aliphatic rings. The molecule has 128 valence electrons. The maximum absolute atomic E-state index is 12.6. The largest absolute Gasteiger partial charge is 0.349 e. The quantitative estimate of drug-likeness (QED) is 0.840. The minimum absolute atomic E-state index is 0.102. The van der Waals surface area contributed by atoms with Crippen molar-refractivity contribution in [2.45, 2.75) is 53.0 Å². The molecule has 1 unspecified atom stereocenters. The van der Waals surface area contributed by atoms with Crippen molar-refractivity contribution in [2.24, 2.45) is 17.8 Å². The minimum atomic E-state index is 0.102. The van der Waals surface area contributed by atoms with Gasteiger partial charge in [0.2, 0.25) is 5.91 Å². The normalized spacial score (nSPS) is 17.5. The van der Waals surface area contributed by atoms with Crippen LogP contribution in [0.1, 0.15) is 57.7 Å². The van der Waals surface area contributed by atoms with Gasteiger partial charge in [0.25, 0.3) is 0 Å². The lowest BCUT2D eigenvalue weighted by atomic mass is 9.91. The fraction of sp³-hybridized carbons (Fsp3) is 0.650. The lowest BCUT2D eigenvalue weighted by Crippen LogP contribution is -2.40. The van der Waals surface area contributed by atoms with E-state index in [0.29, 0.717) is 11.8 Å². The average Bonchev–Trinajstić information content (AvgIpc) is 2.53. The Balaban J connectivity index is 2.04. The standard InChI is InChI=1S/C20H32N2O/c1-14(2)13-16-5-7-17(8-6-16)19(15(3)4)22-20(23)18-9-11-21-12-10-18/h5-8,14-15,18-19,21H,9-13H2,1-4H3,(H,22,23). The molecule has 2 N–H and O–H groups in total. The number of piperidine rings is 1. The molecule has 23 heavy (non-hydrogen) atoms. The van der Waals surface area contributed by atoms with E-state index in [4.69, 9.17) is 0 Å². The zero-order chi connectivity index (χ0) is 16.8. The SMILES string of the molecule is CC(C)Cc1ccc(C(NC(=O)C2CCNCC2)C(C)C)cc1. The van der Waals surface area contributed by atoms with E-state index >= 15 is 0 Å². The zero-order valence-corrected chi connectivity index (χ0v) is 15.1. The van der Waals surface area contributed by atoms with E-state index in [1.165, 1.54) is 11.1 Å². The van der Waals surface area contributed by atoms with Gasteiger partial charge in [0.1, 0.15) is 0 Å². The summed E-state index contributed by atoms with van der Waals surface area (Å²) in [6.07, 6.45) is 3.00. The molecule has 1 saturated heterocycles. The molecule has 1 atom stereocenters. The molecule has 0 spiro atoms. The highest BCUT2D eigenvalue weighted by molar-refractivity contribution is 5.79. The molecule has 0 bridgehead atoms. The lowest BCUT2D eigenvalue weighted by Gasteiger charge is -2.28. The van der Waals surface area contributed by atoms with Crippen LogP contribution in [0.4, 0.5) is 0 Å². The number of benzene rings is 1. The molecular formula is C20H32N2O. The van der Waals surface area contributed by atoms with Crippen molar-refractivity contribution >= 4 is 5.91 Å². The van der Waals surface area contributed by atoms with Gasteiger partial charge in [-0.2, -0.15) is 0 Å². The van der Waals surface area contributed by atoms with Gasteiger partial charge in [-0.05, 0) is 55.3 Å². The van der Waals surface area contributed by atoms with E-state index in [2.05, 4.69) is 62.6 Å². The van der Waals surface area contributed by atoms with Gasteiger partial charge < -0.3 is 10.6 Å². The van der Waals surface area contributed by atoms with E-state index in [0.717, 1.165) is 32.4 Å². The molecule has 1 aromatic rings. The van der Waals surface area contributed by atoms with Gasteiger partial charge in [-0.3, -0.25) is 4.79 Å². The molecule has 0 radical (unpaired) electrons. The second-order valence-corrected chi connectivity index (χ2v) is 7.59. The summed E-state index contributed by atoms with van der Waals surface area (Å²) in [6.45, 7) is 10.7. The smallest absolute Gasteiger partial charge is 0.223 e. The van der Waals surface area contributed by atoms with Crippen LogP contribution in [-0.2, 0) is 11.2 Å². The van der Waals surface area contributed by atoms with Crippen molar-refractivity contribution in [2.75, 3.05) is 13.1 Å². The highest BCUT2D eigenvalue weighted by Gasteiger charge is 2.25. The summed E-state index contributed by atoms with van der Waals surface area (Å²) in [5.74, 6) is 1.44. The van der Waals surface area contributed by atoms with Gasteiger partial charge in [0, 0.05) is 5.92 Å². The second kappa shape index (κ2) is 8.49. The van der Waals surface area contributed by atoms with Crippen molar-refractivity contribution in [3.05, 3.63) is 35.4 Å². The monoisotopic (exact) mass is 316 g/mol. The van der Waals surface area contributed by atoms with Gasteiger partial charge in [-0.1, -0.05) is 52.0 Å². The van der Waals surface area contributed by atoms with E-state index in [9.17, 15) is 4.79 Å². The first-order valence-corrected chi connectivity index (χ1v) is 9.07. The van der Waals surface area contributed by atoms with Crippen LogP contribution in [0.15, 0.2) is 24.3 Å². The minimum Gasteiger partial charge on any atom is -0.349 e. The molecule has 3 heteroatoms. The maximum Gasteiger partial charge on any atom is 0.223 e. The number of hydrogen-bond donors (Lipinski definition) is 2. The number of hydrogen-bond acceptors (Lipinski definition) is 2. The van der Waals surface area contributed by atoms with E-state index in [1.54, 1.807) is 0 Å². The number of nitrogens with one attached hydrogen (secondary N) is 2. The van der Waals surface area contributed by atoms with Crippen LogP contribution in [-0.4, -0.2) is 19.0 Å². The molecule has 0 saturated carbocycles. The molecule has 0 aliphatic carbocycles. The molecule has 3 nitrogen and oxygen atoms in total. The first-order valence-electron chi connectivity index (χ1n) is 9.07. The fourth-order valence-corrected chi connectivity index (χ4v) is 3.32. The Kier molecular flexibility index (Phi) is 6.64. The van der Waals surface area contributed by atoms with Crippen molar-refractivity contribution in [1.82, 2.24) is 10.6 Å². The first-order chi connectivity index (χ1) is 11.0. The van der Waals surface area contributed by atoms with Gasteiger partial charge in [-0.15, -0.1) is 0 Å². The third-order valence-electron chi connectivity index (χ3n) is 4.66. The Labute approximate surface area is 141 Å². The molecule has 0 aromatic heterocycles. The zero-order valence-electron chi connectivity index (χ0n) is 15.1. The van der Waals surface area contributed by atoms with Gasteiger partial charge in [-0.25, -0.2) is 0 Å². The van der Waals surface area contributed by atoms with Crippen LogP contribution in [0, 0.1) is 17.8 Å². The number of amides is 1. The van der Waals surface area contributed by atoms with Gasteiger partial charge in [0.15, 0.2) is 0 Å². The van der Waals surface area contributed by atoms with Gasteiger partial charge >= 0.3 is 0 Å². The van der Waals surface area contributed by atoms with Crippen LogP contribution in [0.25, 0.3) is 0 Å². The van der Waals surface area contributed by atoms with Gasteiger partial charge in [0.05, 0.1) is 6.04 Å². The molecule has 1 fully saturated rings. The topological polar surface area (TPSA) is 41.1 Å². The summed E-state index contributed by atoms with van der Waals surface area (Å²) < 4.78 is 0. The van der Waals surface area contributed by atoms with Crippen LogP contribution in [0.2, 0.25) is 0 Å². The fourth-order valence-electron chi connectivity index (χ4n) is 3.32. The van der Waals surface area contributed by atoms with Crippen molar-refractivity contribution < 1.29 is 4.79 Å². The third kappa shape index (κ3) is 5.35. The lowest BCUT2D eigenvalue weighted by molar-refractivity contribution is -0.126. The summed E-state index contributed by atoms with van der Waals surface area (Å²) in [7, 11) is 0. The maximum atomic E-state index is 12.6.